The predicted octanol–water partition coefficient (Wildman–Crippen LogP) is 5.15. The number of nitrogens with one attached hydrogen (secondary N) is 1. The molecule has 0 saturated heterocycles. The molecule has 1 unspecified atom stereocenters. The summed E-state index contributed by atoms with van der Waals surface area (Å²) in [5.74, 6) is 0.568. The molecule has 1 fully saturated rings. The molecule has 1 aliphatic carbocycles. The Morgan fingerprint density at radius 1 is 1.15 bits per heavy atom. The first-order valence-corrected chi connectivity index (χ1v) is 8.21. The Morgan fingerprint density at radius 2 is 1.80 bits per heavy atom. The van der Waals surface area contributed by atoms with Gasteiger partial charge in [0.25, 0.3) is 0 Å². The molecule has 0 bridgehead atoms. The predicted molar refractivity (Wildman–Crippen MR) is 83.4 cm³/mol. The van der Waals surface area contributed by atoms with Crippen molar-refractivity contribution in [2.24, 2.45) is 5.92 Å². The highest BCUT2D eigenvalue weighted by molar-refractivity contribution is 5.30. The van der Waals surface area contributed by atoms with E-state index in [0.717, 1.165) is 12.1 Å². The normalized spacial score (nSPS) is 19.4. The van der Waals surface area contributed by atoms with Gasteiger partial charge in [0.2, 0.25) is 0 Å². The number of rotatable bonds is 4. The first kappa shape index (κ1) is 15.5. The summed E-state index contributed by atoms with van der Waals surface area (Å²) in [5.41, 5.74) is 2.37. The van der Waals surface area contributed by atoms with E-state index in [-0.39, 0.29) is 5.82 Å². The van der Waals surface area contributed by atoms with E-state index in [9.17, 15) is 4.39 Å². The molecule has 1 N–H and O–H groups in total. The fourth-order valence-electron chi connectivity index (χ4n) is 3.56. The molecule has 1 atom stereocenters. The Balaban J connectivity index is 2.19. The summed E-state index contributed by atoms with van der Waals surface area (Å²) in [6.45, 7) is 5.17. The lowest BCUT2D eigenvalue weighted by atomic mass is 9.81. The summed E-state index contributed by atoms with van der Waals surface area (Å²) >= 11 is 0. The molecule has 0 heterocycles. The molecule has 1 aliphatic rings. The quantitative estimate of drug-likeness (QED) is 0.803. The smallest absolute Gasteiger partial charge is 0.123 e. The van der Waals surface area contributed by atoms with Crippen LogP contribution in [-0.4, -0.2) is 6.54 Å². The van der Waals surface area contributed by atoms with Crippen molar-refractivity contribution in [1.29, 1.82) is 0 Å². The monoisotopic (exact) mass is 277 g/mol. The zero-order valence-electron chi connectivity index (χ0n) is 12.9. The van der Waals surface area contributed by atoms with Crippen LogP contribution in [0.25, 0.3) is 0 Å². The zero-order chi connectivity index (χ0) is 14.4. The van der Waals surface area contributed by atoms with E-state index in [4.69, 9.17) is 0 Å². The molecule has 0 amide bonds. The number of halogens is 1. The van der Waals surface area contributed by atoms with Crippen molar-refractivity contribution in [2.75, 3.05) is 6.54 Å². The molecule has 1 saturated carbocycles. The fourth-order valence-corrected chi connectivity index (χ4v) is 3.56. The topological polar surface area (TPSA) is 12.0 Å². The molecular weight excluding hydrogens is 249 g/mol. The van der Waals surface area contributed by atoms with Crippen LogP contribution in [0.15, 0.2) is 18.2 Å². The average molecular weight is 277 g/mol. The van der Waals surface area contributed by atoms with Gasteiger partial charge in [-0.15, -0.1) is 0 Å². The highest BCUT2D eigenvalue weighted by Crippen LogP contribution is 2.34. The maximum absolute atomic E-state index is 13.3. The van der Waals surface area contributed by atoms with E-state index >= 15 is 0 Å². The lowest BCUT2D eigenvalue weighted by molar-refractivity contribution is 0.291. The molecule has 0 aliphatic heterocycles. The van der Waals surface area contributed by atoms with Crippen molar-refractivity contribution in [3.8, 4) is 0 Å². The number of benzene rings is 1. The maximum Gasteiger partial charge on any atom is 0.123 e. The number of hydrogen-bond acceptors (Lipinski definition) is 1. The summed E-state index contributed by atoms with van der Waals surface area (Å²) in [7, 11) is 0. The van der Waals surface area contributed by atoms with Crippen LogP contribution < -0.4 is 5.32 Å². The maximum atomic E-state index is 13.3. The summed E-state index contributed by atoms with van der Waals surface area (Å²) in [6.07, 6.45) is 9.42. The van der Waals surface area contributed by atoms with Crippen molar-refractivity contribution in [1.82, 2.24) is 5.32 Å². The van der Waals surface area contributed by atoms with E-state index in [1.807, 2.05) is 13.0 Å². The lowest BCUT2D eigenvalue weighted by Gasteiger charge is -2.31. The summed E-state index contributed by atoms with van der Waals surface area (Å²) < 4.78 is 13.3. The Hall–Kier alpha value is -0.890. The van der Waals surface area contributed by atoms with E-state index in [2.05, 4.69) is 12.2 Å². The van der Waals surface area contributed by atoms with Gasteiger partial charge in [-0.25, -0.2) is 4.39 Å². The Bertz CT molecular complexity index is 408. The number of hydrogen-bond donors (Lipinski definition) is 1. The minimum absolute atomic E-state index is 0.126. The van der Waals surface area contributed by atoms with Gasteiger partial charge in [0.05, 0.1) is 0 Å². The van der Waals surface area contributed by atoms with Crippen LogP contribution in [0.4, 0.5) is 4.39 Å². The summed E-state index contributed by atoms with van der Waals surface area (Å²) in [5, 5.41) is 3.65. The molecule has 112 valence electrons. The van der Waals surface area contributed by atoms with E-state index < -0.39 is 0 Å². The van der Waals surface area contributed by atoms with Gasteiger partial charge in [0.15, 0.2) is 0 Å². The van der Waals surface area contributed by atoms with Gasteiger partial charge in [0, 0.05) is 6.04 Å². The van der Waals surface area contributed by atoms with Crippen molar-refractivity contribution < 1.29 is 4.39 Å². The van der Waals surface area contributed by atoms with Crippen LogP contribution in [-0.2, 0) is 0 Å². The third-order valence-corrected chi connectivity index (χ3v) is 4.61. The van der Waals surface area contributed by atoms with E-state index in [1.165, 1.54) is 50.5 Å². The minimum atomic E-state index is -0.126. The Labute approximate surface area is 123 Å². The summed E-state index contributed by atoms with van der Waals surface area (Å²) in [4.78, 5) is 0. The molecule has 2 rings (SSSR count). The molecule has 0 aromatic heterocycles. The first-order valence-electron chi connectivity index (χ1n) is 8.21. The largest absolute Gasteiger partial charge is 0.310 e. The molecular formula is C18H28FN. The molecule has 2 heteroatoms. The van der Waals surface area contributed by atoms with Gasteiger partial charge < -0.3 is 5.32 Å². The van der Waals surface area contributed by atoms with Crippen LogP contribution in [0.1, 0.15) is 69.0 Å². The highest BCUT2D eigenvalue weighted by Gasteiger charge is 2.24. The molecule has 0 radical (unpaired) electrons. The van der Waals surface area contributed by atoms with Gasteiger partial charge in [-0.1, -0.05) is 45.1 Å². The molecule has 1 nitrogen and oxygen atoms in total. The van der Waals surface area contributed by atoms with Gasteiger partial charge in [-0.3, -0.25) is 0 Å². The second-order valence-corrected chi connectivity index (χ2v) is 6.14. The molecule has 0 spiro atoms. The first-order chi connectivity index (χ1) is 9.72. The van der Waals surface area contributed by atoms with Gasteiger partial charge in [-0.2, -0.15) is 0 Å². The van der Waals surface area contributed by atoms with Crippen molar-refractivity contribution in [3.63, 3.8) is 0 Å². The van der Waals surface area contributed by atoms with E-state index in [1.54, 1.807) is 12.1 Å². The second-order valence-electron chi connectivity index (χ2n) is 6.14. The third kappa shape index (κ3) is 4.05. The number of aryl methyl sites for hydroxylation is 1. The van der Waals surface area contributed by atoms with Gasteiger partial charge in [-0.05, 0) is 55.5 Å². The second kappa shape index (κ2) is 7.78. The fraction of sp³-hybridized carbons (Fsp3) is 0.667. The average Bonchev–Trinajstić information content (AvgIpc) is 2.37. The standard InChI is InChI=1S/C18H28FN/c1-3-20-18(15-9-7-5-4-6-8-10-15)17-12-11-16(19)13-14(17)2/h11-13,15,18,20H,3-10H2,1-2H3. The van der Waals surface area contributed by atoms with E-state index in [0.29, 0.717) is 12.0 Å². The molecule has 20 heavy (non-hydrogen) atoms. The SMILES string of the molecule is CCNC(c1ccc(F)cc1C)C1CCCCCCC1. The highest BCUT2D eigenvalue weighted by atomic mass is 19.1. The van der Waals surface area contributed by atoms with Gasteiger partial charge in [0.1, 0.15) is 5.82 Å². The lowest BCUT2D eigenvalue weighted by Crippen LogP contribution is -2.29. The third-order valence-electron chi connectivity index (χ3n) is 4.61. The summed E-state index contributed by atoms with van der Waals surface area (Å²) in [6, 6.07) is 5.65. The minimum Gasteiger partial charge on any atom is -0.310 e. The van der Waals surface area contributed by atoms with Crippen LogP contribution in [0.3, 0.4) is 0 Å². The van der Waals surface area contributed by atoms with Gasteiger partial charge >= 0.3 is 0 Å². The Morgan fingerprint density at radius 3 is 2.40 bits per heavy atom. The van der Waals surface area contributed by atoms with Crippen molar-refractivity contribution >= 4 is 0 Å². The molecule has 1 aromatic rings. The van der Waals surface area contributed by atoms with Crippen LogP contribution in [0.5, 0.6) is 0 Å². The van der Waals surface area contributed by atoms with Crippen molar-refractivity contribution in [2.45, 2.75) is 64.8 Å². The van der Waals surface area contributed by atoms with Crippen LogP contribution in [0, 0.1) is 18.7 Å². The molecule has 1 aromatic carbocycles. The van der Waals surface area contributed by atoms with Crippen LogP contribution >= 0.6 is 0 Å². The zero-order valence-corrected chi connectivity index (χ0v) is 12.9. The Kier molecular flexibility index (Phi) is 6.03. The van der Waals surface area contributed by atoms with Crippen LogP contribution in [0.2, 0.25) is 0 Å². The van der Waals surface area contributed by atoms with Crippen molar-refractivity contribution in [3.05, 3.63) is 35.1 Å².